The van der Waals surface area contributed by atoms with Gasteiger partial charge in [-0.05, 0) is 107 Å². The summed E-state index contributed by atoms with van der Waals surface area (Å²) in [5.74, 6) is 7.87. The van der Waals surface area contributed by atoms with Gasteiger partial charge in [0.05, 0.1) is 0 Å². The Kier molecular flexibility index (Phi) is 11.0. The van der Waals surface area contributed by atoms with Gasteiger partial charge in [-0.25, -0.2) is 0 Å². The molecule has 0 amide bonds. The Bertz CT molecular complexity index is 2380. The highest BCUT2D eigenvalue weighted by Crippen LogP contribution is 2.43. The highest BCUT2D eigenvalue weighted by atomic mass is 28.3. The zero-order chi connectivity index (χ0) is 38.2. The average Bonchev–Trinajstić information content (AvgIpc) is 3.10. The predicted molar refractivity (Wildman–Crippen MR) is 242 cm³/mol. The summed E-state index contributed by atoms with van der Waals surface area (Å²) in [6.45, 7) is 28.8. The van der Waals surface area contributed by atoms with E-state index in [9.17, 15) is 0 Å². The fourth-order valence-electron chi connectivity index (χ4n) is 9.92. The quantitative estimate of drug-likeness (QED) is 0.0934. The molecule has 0 aliphatic heterocycles. The molecule has 6 aromatic carbocycles. The van der Waals surface area contributed by atoms with Crippen molar-refractivity contribution in [3.63, 3.8) is 0 Å². The summed E-state index contributed by atoms with van der Waals surface area (Å²) in [5.41, 5.74) is 16.0. The number of anilines is 2. The van der Waals surface area contributed by atoms with Crippen molar-refractivity contribution in [3.05, 3.63) is 108 Å². The van der Waals surface area contributed by atoms with E-state index in [1.807, 2.05) is 0 Å². The molecule has 6 rings (SSSR count). The summed E-state index contributed by atoms with van der Waals surface area (Å²) in [4.78, 5) is 0. The molecule has 0 saturated heterocycles. The second kappa shape index (κ2) is 15.2. The van der Waals surface area contributed by atoms with Gasteiger partial charge in [-0.2, -0.15) is 0 Å². The van der Waals surface area contributed by atoms with Gasteiger partial charge in [-0.1, -0.05) is 156 Å². The molecule has 0 bridgehead atoms. The molecule has 0 fully saturated rings. The van der Waals surface area contributed by atoms with E-state index in [-0.39, 0.29) is 0 Å². The highest BCUT2D eigenvalue weighted by molar-refractivity contribution is 6.91. The van der Waals surface area contributed by atoms with Crippen LogP contribution < -0.4 is 5.32 Å². The molecule has 1 N–H and O–H groups in total. The first-order valence-electron chi connectivity index (χ1n) is 19.9. The lowest BCUT2D eigenvalue weighted by Gasteiger charge is -2.38. The van der Waals surface area contributed by atoms with Crippen molar-refractivity contribution in [2.45, 2.75) is 116 Å². The molecule has 6 aromatic rings. The molecule has 3 heteroatoms. The van der Waals surface area contributed by atoms with Crippen LogP contribution in [0.4, 0.5) is 11.4 Å². The van der Waals surface area contributed by atoms with Crippen LogP contribution in [0.15, 0.2) is 97.1 Å². The lowest BCUT2D eigenvalue weighted by atomic mass is 9.92. The summed E-state index contributed by atoms with van der Waals surface area (Å²) in [6.07, 6.45) is 0. The minimum atomic E-state index is -2.00. The Morgan fingerprint density at radius 3 is 1.25 bits per heavy atom. The summed E-state index contributed by atoms with van der Waals surface area (Å²) in [7, 11) is -3.97. The van der Waals surface area contributed by atoms with Crippen LogP contribution in [-0.2, 0) is 0 Å². The van der Waals surface area contributed by atoms with Crippen LogP contribution in [0.1, 0.15) is 94.2 Å². The minimum absolute atomic E-state index is 0.557. The second-order valence-electron chi connectivity index (χ2n) is 17.2. The summed E-state index contributed by atoms with van der Waals surface area (Å²) in [6, 6.07) is 35.6. The van der Waals surface area contributed by atoms with Crippen LogP contribution in [0.25, 0.3) is 43.1 Å². The van der Waals surface area contributed by atoms with Crippen LogP contribution >= 0.6 is 0 Å². The molecule has 1 nitrogen and oxygen atoms in total. The van der Waals surface area contributed by atoms with E-state index in [0.29, 0.717) is 33.2 Å². The Hall–Kier alpha value is -4.29. The maximum atomic E-state index is 4.10. The highest BCUT2D eigenvalue weighted by Gasteiger charge is 2.42. The van der Waals surface area contributed by atoms with E-state index in [1.54, 1.807) is 0 Å². The average molecular weight is 730 g/mol. The molecule has 0 aliphatic carbocycles. The van der Waals surface area contributed by atoms with Gasteiger partial charge in [-0.3, -0.25) is 0 Å². The predicted octanol–water partition coefficient (Wildman–Crippen LogP) is 15.2. The van der Waals surface area contributed by atoms with Crippen LogP contribution in [0.5, 0.6) is 0 Å². The summed E-state index contributed by atoms with van der Waals surface area (Å²) in [5, 5.41) is 13.6. The van der Waals surface area contributed by atoms with Gasteiger partial charge in [-0.15, -0.1) is 11.1 Å². The van der Waals surface area contributed by atoms with E-state index in [1.165, 1.54) is 43.1 Å². The number of fused-ring (bicyclic) bond motifs is 4. The zero-order valence-corrected chi connectivity index (χ0v) is 36.2. The molecule has 0 spiro atoms. The third-order valence-corrected chi connectivity index (χ3v) is 25.1. The van der Waals surface area contributed by atoms with E-state index < -0.39 is 16.1 Å². The van der Waals surface area contributed by atoms with Gasteiger partial charge in [0.2, 0.25) is 0 Å². The first-order chi connectivity index (χ1) is 25.2. The minimum Gasteiger partial charge on any atom is -0.355 e. The third kappa shape index (κ3) is 6.96. The van der Waals surface area contributed by atoms with Crippen LogP contribution in [0.3, 0.4) is 0 Å². The van der Waals surface area contributed by atoms with Gasteiger partial charge in [0, 0.05) is 27.9 Å². The lowest BCUT2D eigenvalue weighted by Crippen LogP contribution is -2.43. The first-order valence-corrected chi connectivity index (χ1v) is 24.4. The Balaban J connectivity index is 1.61. The SMILES string of the molecule is CC(C)[Si](C#Cc1c2ccccc2c(C#C[Si](C(C)C)(C(C)C)C(C)C)c2cc(Nc3ccc4cc5ccccc5cc4c3)ccc12)(C(C)C)C(C)C. The maximum absolute atomic E-state index is 4.10. The van der Waals surface area contributed by atoms with Crippen molar-refractivity contribution in [1.29, 1.82) is 0 Å². The summed E-state index contributed by atoms with van der Waals surface area (Å²) < 4.78 is 0. The second-order valence-corrected chi connectivity index (χ2v) is 28.4. The molecule has 0 radical (unpaired) electrons. The molecule has 0 saturated carbocycles. The summed E-state index contributed by atoms with van der Waals surface area (Å²) >= 11 is 0. The third-order valence-electron chi connectivity index (χ3n) is 12.6. The Labute approximate surface area is 322 Å². The van der Waals surface area contributed by atoms with Crippen molar-refractivity contribution in [1.82, 2.24) is 0 Å². The van der Waals surface area contributed by atoms with Gasteiger partial charge < -0.3 is 5.32 Å². The van der Waals surface area contributed by atoms with Gasteiger partial charge in [0.25, 0.3) is 0 Å². The fourth-order valence-corrected chi connectivity index (χ4v) is 20.3. The molecule has 272 valence electrons. The van der Waals surface area contributed by atoms with Crippen molar-refractivity contribution >= 4 is 70.6 Å². The molecule has 0 aromatic heterocycles. The standard InChI is InChI=1S/C50H59NSi2/c1-33(2)52(34(3)4,35(5)6)27-25-48-45-19-15-16-20-46(45)49(26-28-53(36(7)8,37(9)10)38(11)12)50-32-44(23-24-47(48)50)51-43-22-21-41-29-39-17-13-14-18-40(39)30-42(41)31-43/h13-24,29-38,51H,1-12H3. The first kappa shape index (κ1) is 38.4. The number of hydrogen-bond donors (Lipinski definition) is 1. The number of rotatable bonds is 8. The van der Waals surface area contributed by atoms with E-state index in [4.69, 9.17) is 0 Å². The zero-order valence-electron chi connectivity index (χ0n) is 34.2. The molecule has 0 heterocycles. The number of benzene rings is 6. The van der Waals surface area contributed by atoms with Gasteiger partial charge >= 0.3 is 0 Å². The van der Waals surface area contributed by atoms with Gasteiger partial charge in [0.1, 0.15) is 16.1 Å². The smallest absolute Gasteiger partial charge is 0.146 e. The van der Waals surface area contributed by atoms with Crippen molar-refractivity contribution < 1.29 is 0 Å². The van der Waals surface area contributed by atoms with E-state index in [2.05, 4.69) is 208 Å². The number of hydrogen-bond acceptors (Lipinski definition) is 1. The largest absolute Gasteiger partial charge is 0.355 e. The molecular formula is C50H59NSi2. The Morgan fingerprint density at radius 2 is 0.755 bits per heavy atom. The fraction of sp³-hybridized carbons (Fsp3) is 0.360. The monoisotopic (exact) mass is 729 g/mol. The normalized spacial score (nSPS) is 12.5. The van der Waals surface area contributed by atoms with Crippen molar-refractivity contribution in [2.75, 3.05) is 5.32 Å². The molecule has 0 aliphatic rings. The van der Waals surface area contributed by atoms with Crippen LogP contribution in [0, 0.1) is 22.9 Å². The van der Waals surface area contributed by atoms with Crippen LogP contribution in [0.2, 0.25) is 33.2 Å². The van der Waals surface area contributed by atoms with Crippen LogP contribution in [-0.4, -0.2) is 16.1 Å². The van der Waals surface area contributed by atoms with E-state index >= 15 is 0 Å². The maximum Gasteiger partial charge on any atom is 0.146 e. The van der Waals surface area contributed by atoms with E-state index in [0.717, 1.165) is 22.5 Å². The number of nitrogens with one attached hydrogen (secondary N) is 1. The lowest BCUT2D eigenvalue weighted by molar-refractivity contribution is 0.838. The molecule has 53 heavy (non-hydrogen) atoms. The molecule has 0 unspecified atom stereocenters. The molecule has 0 atom stereocenters. The van der Waals surface area contributed by atoms with Crippen molar-refractivity contribution in [2.24, 2.45) is 0 Å². The Morgan fingerprint density at radius 1 is 0.377 bits per heavy atom. The van der Waals surface area contributed by atoms with Gasteiger partial charge in [0.15, 0.2) is 0 Å². The van der Waals surface area contributed by atoms with Crippen molar-refractivity contribution in [3.8, 4) is 22.9 Å². The topological polar surface area (TPSA) is 12.0 Å². The molecular weight excluding hydrogens is 671 g/mol.